The lowest BCUT2D eigenvalue weighted by Crippen LogP contribution is -2.41. The van der Waals surface area contributed by atoms with Crippen LogP contribution in [0.5, 0.6) is 5.75 Å². The molecule has 0 saturated carbocycles. The van der Waals surface area contributed by atoms with Crippen molar-refractivity contribution in [1.29, 1.82) is 0 Å². The van der Waals surface area contributed by atoms with Crippen LogP contribution in [0.1, 0.15) is 25.8 Å². The van der Waals surface area contributed by atoms with Crippen LogP contribution >= 0.6 is 0 Å². The molecule has 0 bridgehead atoms. The van der Waals surface area contributed by atoms with Crippen molar-refractivity contribution in [3.63, 3.8) is 0 Å². The van der Waals surface area contributed by atoms with Crippen LogP contribution in [0.15, 0.2) is 47.4 Å². The number of hydrogen-bond acceptors (Lipinski definition) is 6. The Hall–Kier alpha value is -3.14. The highest BCUT2D eigenvalue weighted by molar-refractivity contribution is 7.92. The average molecular weight is 450 g/mol. The molecule has 31 heavy (non-hydrogen) atoms. The summed E-state index contributed by atoms with van der Waals surface area (Å²) in [6.07, 6.45) is 0.755. The Labute approximate surface area is 182 Å². The largest absolute Gasteiger partial charge is 0.497 e. The highest BCUT2D eigenvalue weighted by Gasteiger charge is 2.29. The molecule has 0 aromatic heterocycles. The van der Waals surface area contributed by atoms with Crippen LogP contribution in [0.25, 0.3) is 0 Å². The van der Waals surface area contributed by atoms with Gasteiger partial charge in [0.05, 0.1) is 22.6 Å². The van der Waals surface area contributed by atoms with Crippen LogP contribution in [-0.4, -0.2) is 39.4 Å². The number of rotatable bonds is 10. The molecule has 10 heteroatoms. The fraction of sp³-hybridized carbons (Fsp3) is 0.381. The van der Waals surface area contributed by atoms with E-state index in [1.807, 2.05) is 13.8 Å². The monoisotopic (exact) mass is 449 g/mol. The van der Waals surface area contributed by atoms with Gasteiger partial charge < -0.3 is 10.1 Å². The minimum atomic E-state index is -4.26. The topological polar surface area (TPSA) is 119 Å². The van der Waals surface area contributed by atoms with E-state index in [9.17, 15) is 23.3 Å². The lowest BCUT2D eigenvalue weighted by Gasteiger charge is -2.24. The van der Waals surface area contributed by atoms with Gasteiger partial charge in [-0.1, -0.05) is 19.9 Å². The van der Waals surface area contributed by atoms with Gasteiger partial charge in [-0.15, -0.1) is 0 Å². The van der Waals surface area contributed by atoms with Crippen LogP contribution in [0.4, 0.5) is 11.4 Å². The lowest BCUT2D eigenvalue weighted by atomic mass is 10.1. The Morgan fingerprint density at radius 3 is 2.39 bits per heavy atom. The first kappa shape index (κ1) is 24.1. The number of ether oxygens (including phenoxy) is 1. The van der Waals surface area contributed by atoms with Gasteiger partial charge in [0, 0.05) is 18.2 Å². The molecular formula is C21H27N3O6S. The lowest BCUT2D eigenvalue weighted by molar-refractivity contribution is -0.385. The van der Waals surface area contributed by atoms with Gasteiger partial charge >= 0.3 is 0 Å². The molecule has 1 N–H and O–H groups in total. The summed E-state index contributed by atoms with van der Waals surface area (Å²) < 4.78 is 32.8. The smallest absolute Gasteiger partial charge is 0.273 e. The molecule has 0 aliphatic rings. The summed E-state index contributed by atoms with van der Waals surface area (Å²) >= 11 is 0. The first-order valence-corrected chi connectivity index (χ1v) is 11.2. The summed E-state index contributed by atoms with van der Waals surface area (Å²) in [5.74, 6) is 0.435. The number of carbonyl (C=O) groups is 1. The molecule has 0 aliphatic carbocycles. The second kappa shape index (κ2) is 10.3. The number of hydrogen-bond donors (Lipinski definition) is 1. The number of benzene rings is 2. The van der Waals surface area contributed by atoms with Crippen LogP contribution in [0.3, 0.4) is 0 Å². The zero-order valence-electron chi connectivity index (χ0n) is 18.0. The van der Waals surface area contributed by atoms with Gasteiger partial charge in [0.1, 0.15) is 12.3 Å². The Morgan fingerprint density at radius 2 is 1.84 bits per heavy atom. The fourth-order valence-corrected chi connectivity index (χ4v) is 4.27. The zero-order valence-corrected chi connectivity index (χ0v) is 18.8. The number of aryl methyl sites for hydroxylation is 1. The minimum absolute atomic E-state index is 0.239. The van der Waals surface area contributed by atoms with E-state index in [4.69, 9.17) is 4.74 Å². The molecular weight excluding hydrogens is 422 g/mol. The number of carbonyl (C=O) groups excluding carboxylic acids is 1. The van der Waals surface area contributed by atoms with E-state index in [1.165, 1.54) is 38.3 Å². The Morgan fingerprint density at radius 1 is 1.19 bits per heavy atom. The Balaban J connectivity index is 2.43. The summed E-state index contributed by atoms with van der Waals surface area (Å²) in [6, 6.07) is 9.86. The predicted octanol–water partition coefficient (Wildman–Crippen LogP) is 3.27. The summed E-state index contributed by atoms with van der Waals surface area (Å²) in [5.41, 5.74) is 0.270. The molecule has 0 spiro atoms. The molecule has 2 aromatic carbocycles. The zero-order chi connectivity index (χ0) is 23.2. The summed E-state index contributed by atoms with van der Waals surface area (Å²) in [5, 5.41) is 14.0. The van der Waals surface area contributed by atoms with Gasteiger partial charge in [0.15, 0.2) is 0 Å². The number of nitro benzene ring substituents is 1. The van der Waals surface area contributed by atoms with Gasteiger partial charge in [-0.25, -0.2) is 8.42 Å². The van der Waals surface area contributed by atoms with Gasteiger partial charge in [-0.3, -0.25) is 19.2 Å². The maximum absolute atomic E-state index is 13.4. The van der Waals surface area contributed by atoms with Crippen molar-refractivity contribution in [2.75, 3.05) is 24.5 Å². The second-order valence-electron chi connectivity index (χ2n) is 7.45. The summed E-state index contributed by atoms with van der Waals surface area (Å²) in [6.45, 7) is 5.52. The van der Waals surface area contributed by atoms with Crippen molar-refractivity contribution >= 4 is 27.3 Å². The standard InChI is InChI=1S/C21H27N3O6S/c1-15(2)11-12-22-21(25)14-23(17-6-8-18(30-4)9-7-17)31(28,29)19-10-5-16(3)20(13-19)24(26)27/h5-10,13,15H,11-12,14H2,1-4H3,(H,22,25). The maximum Gasteiger partial charge on any atom is 0.273 e. The maximum atomic E-state index is 13.4. The Bertz CT molecular complexity index is 1040. The van der Waals surface area contributed by atoms with Gasteiger partial charge in [-0.2, -0.15) is 0 Å². The predicted molar refractivity (Wildman–Crippen MR) is 118 cm³/mol. The average Bonchev–Trinajstić information content (AvgIpc) is 2.71. The first-order valence-electron chi connectivity index (χ1n) is 9.74. The van der Waals surface area contributed by atoms with Crippen molar-refractivity contribution in [2.24, 2.45) is 5.92 Å². The van der Waals surface area contributed by atoms with Crippen molar-refractivity contribution < 1.29 is 22.9 Å². The molecule has 2 rings (SSSR count). The normalized spacial score (nSPS) is 11.3. The summed E-state index contributed by atoms with van der Waals surface area (Å²) in [7, 11) is -2.77. The number of methoxy groups -OCH3 is 1. The van der Waals surface area contributed by atoms with Crippen LogP contribution in [0, 0.1) is 23.0 Å². The number of nitrogens with one attached hydrogen (secondary N) is 1. The van der Waals surface area contributed by atoms with Gasteiger partial charge in [0.25, 0.3) is 15.7 Å². The molecule has 168 valence electrons. The van der Waals surface area contributed by atoms with E-state index in [2.05, 4.69) is 5.32 Å². The number of anilines is 1. The van der Waals surface area contributed by atoms with Crippen LogP contribution in [-0.2, 0) is 14.8 Å². The van der Waals surface area contributed by atoms with Crippen molar-refractivity contribution in [2.45, 2.75) is 32.1 Å². The van der Waals surface area contributed by atoms with Gasteiger partial charge in [-0.05, 0) is 49.6 Å². The van der Waals surface area contributed by atoms with E-state index >= 15 is 0 Å². The van der Waals surface area contributed by atoms with Crippen molar-refractivity contribution in [3.05, 3.63) is 58.1 Å². The Kier molecular flexibility index (Phi) is 7.98. The molecule has 9 nitrogen and oxygen atoms in total. The quantitative estimate of drug-likeness (QED) is 0.439. The SMILES string of the molecule is COc1ccc(N(CC(=O)NCCC(C)C)S(=O)(=O)c2ccc(C)c([N+](=O)[O-])c2)cc1. The summed E-state index contributed by atoms with van der Waals surface area (Å²) in [4.78, 5) is 22.9. The highest BCUT2D eigenvalue weighted by Crippen LogP contribution is 2.28. The molecule has 0 atom stereocenters. The third-order valence-electron chi connectivity index (χ3n) is 4.66. The number of sulfonamides is 1. The molecule has 2 aromatic rings. The molecule has 1 amide bonds. The first-order chi connectivity index (χ1) is 14.6. The van der Waals surface area contributed by atoms with Crippen molar-refractivity contribution in [1.82, 2.24) is 5.32 Å². The van der Waals surface area contributed by atoms with Gasteiger partial charge in [0.2, 0.25) is 5.91 Å². The van der Waals surface area contributed by atoms with Crippen molar-refractivity contribution in [3.8, 4) is 5.75 Å². The number of nitrogens with zero attached hydrogens (tertiary/aromatic N) is 2. The molecule has 0 radical (unpaired) electrons. The molecule has 0 heterocycles. The number of nitro groups is 1. The van der Waals surface area contributed by atoms with E-state index < -0.39 is 27.4 Å². The van der Waals surface area contributed by atoms with E-state index in [0.29, 0.717) is 23.8 Å². The fourth-order valence-electron chi connectivity index (χ4n) is 2.82. The molecule has 0 fully saturated rings. The number of amides is 1. The molecule has 0 aliphatic heterocycles. The van der Waals surface area contributed by atoms with Crippen LogP contribution in [0.2, 0.25) is 0 Å². The minimum Gasteiger partial charge on any atom is -0.497 e. The highest BCUT2D eigenvalue weighted by atomic mass is 32.2. The second-order valence-corrected chi connectivity index (χ2v) is 9.31. The third-order valence-corrected chi connectivity index (χ3v) is 6.43. The molecule has 0 unspecified atom stereocenters. The van der Waals surface area contributed by atoms with E-state index in [1.54, 1.807) is 12.1 Å². The van der Waals surface area contributed by atoms with Crippen LogP contribution < -0.4 is 14.4 Å². The third kappa shape index (κ3) is 6.17. The van der Waals surface area contributed by atoms with E-state index in [-0.39, 0.29) is 16.3 Å². The van der Waals surface area contributed by atoms with E-state index in [0.717, 1.165) is 16.8 Å². The molecule has 0 saturated heterocycles.